The highest BCUT2D eigenvalue weighted by Crippen LogP contribution is 1.85. The second-order valence-corrected chi connectivity index (χ2v) is 2.14. The molecular formula is C5H8BN3O3. The molecule has 1 rings (SSSR count). The molecule has 64 valence electrons. The van der Waals surface area contributed by atoms with Crippen molar-refractivity contribution in [2.75, 3.05) is 12.4 Å². The van der Waals surface area contributed by atoms with E-state index >= 15 is 0 Å². The number of nitrogens with zero attached hydrogens (tertiary/aromatic N) is 1. The van der Waals surface area contributed by atoms with Crippen LogP contribution in [0.3, 0.4) is 0 Å². The predicted octanol–water partition coefficient (Wildman–Crippen LogP) is -2.51. The normalized spacial score (nSPS) is 9.58. The molecule has 0 aliphatic heterocycles. The Labute approximate surface area is 68.4 Å². The van der Waals surface area contributed by atoms with Gasteiger partial charge in [-0.25, -0.2) is 4.98 Å². The van der Waals surface area contributed by atoms with Crippen LogP contribution in [0.4, 0.5) is 5.95 Å². The number of hydrogen-bond acceptors (Lipinski definition) is 5. The van der Waals surface area contributed by atoms with Crippen LogP contribution in [-0.4, -0.2) is 34.2 Å². The van der Waals surface area contributed by atoms with Gasteiger partial charge in [0.25, 0.3) is 5.56 Å². The topological polar surface area (TPSA) is 98.2 Å². The number of H-pyrrole nitrogens is 1. The van der Waals surface area contributed by atoms with Crippen LogP contribution in [0.1, 0.15) is 0 Å². The van der Waals surface area contributed by atoms with Gasteiger partial charge in [0.1, 0.15) is 0 Å². The van der Waals surface area contributed by atoms with E-state index in [-0.39, 0.29) is 11.4 Å². The molecule has 1 aromatic heterocycles. The van der Waals surface area contributed by atoms with E-state index in [0.29, 0.717) is 0 Å². The average Bonchev–Trinajstić information content (AvgIpc) is 2.03. The van der Waals surface area contributed by atoms with Gasteiger partial charge >= 0.3 is 7.12 Å². The Morgan fingerprint density at radius 1 is 1.67 bits per heavy atom. The predicted molar refractivity (Wildman–Crippen MR) is 44.2 cm³/mol. The van der Waals surface area contributed by atoms with Gasteiger partial charge in [-0.05, 0) is 0 Å². The zero-order valence-corrected chi connectivity index (χ0v) is 6.40. The third-order valence-corrected chi connectivity index (χ3v) is 1.34. The first-order valence-electron chi connectivity index (χ1n) is 3.28. The molecule has 0 aliphatic carbocycles. The van der Waals surface area contributed by atoms with Gasteiger partial charge in [-0.15, -0.1) is 0 Å². The fraction of sp³-hybridized carbons (Fsp3) is 0.200. The Hall–Kier alpha value is -1.34. The average molecular weight is 169 g/mol. The first kappa shape index (κ1) is 8.76. The third-order valence-electron chi connectivity index (χ3n) is 1.34. The summed E-state index contributed by atoms with van der Waals surface area (Å²) in [6.45, 7) is 0. The monoisotopic (exact) mass is 169 g/mol. The molecule has 4 N–H and O–H groups in total. The van der Waals surface area contributed by atoms with E-state index in [2.05, 4.69) is 15.3 Å². The maximum atomic E-state index is 11.0. The Balaban J connectivity index is 3.12. The van der Waals surface area contributed by atoms with Crippen LogP contribution in [0.5, 0.6) is 0 Å². The van der Waals surface area contributed by atoms with Crippen molar-refractivity contribution in [1.82, 2.24) is 9.97 Å². The van der Waals surface area contributed by atoms with Crippen LogP contribution >= 0.6 is 0 Å². The molecule has 0 aliphatic rings. The van der Waals surface area contributed by atoms with Crippen molar-refractivity contribution < 1.29 is 10.0 Å². The smallest absolute Gasteiger partial charge is 0.423 e. The summed E-state index contributed by atoms with van der Waals surface area (Å²) in [5.41, 5.74) is -0.738. The second-order valence-electron chi connectivity index (χ2n) is 2.14. The summed E-state index contributed by atoms with van der Waals surface area (Å²) in [7, 11) is -0.194. The Morgan fingerprint density at radius 2 is 2.33 bits per heavy atom. The number of rotatable bonds is 2. The highest BCUT2D eigenvalue weighted by atomic mass is 16.4. The number of hydrogen-bond donors (Lipinski definition) is 4. The zero-order valence-electron chi connectivity index (χ0n) is 6.40. The lowest BCUT2D eigenvalue weighted by atomic mass is 9.82. The van der Waals surface area contributed by atoms with Gasteiger partial charge in [-0.3, -0.25) is 9.78 Å². The van der Waals surface area contributed by atoms with Gasteiger partial charge in [0.2, 0.25) is 5.95 Å². The first-order chi connectivity index (χ1) is 5.65. The largest absolute Gasteiger partial charge is 0.495 e. The summed E-state index contributed by atoms with van der Waals surface area (Å²) in [5, 5.41) is 19.9. The first-order valence-corrected chi connectivity index (χ1v) is 3.28. The van der Waals surface area contributed by atoms with E-state index in [1.54, 1.807) is 7.05 Å². The molecule has 0 saturated carbocycles. The quantitative estimate of drug-likeness (QED) is 0.366. The molecule has 0 amide bonds. The standard InChI is InChI=1S/C5H8BN3O3/c1-7-5-8-2-3(6(11)12)4(10)9-5/h2,11-12H,1H3,(H2,7,8,9,10). The van der Waals surface area contributed by atoms with Crippen molar-refractivity contribution >= 4 is 18.5 Å². The van der Waals surface area contributed by atoms with Crippen LogP contribution in [0, 0.1) is 0 Å². The summed E-state index contributed by atoms with van der Waals surface area (Å²) < 4.78 is 0. The van der Waals surface area contributed by atoms with E-state index in [1.807, 2.05) is 0 Å². The molecule has 7 heteroatoms. The van der Waals surface area contributed by atoms with E-state index in [0.717, 1.165) is 6.20 Å². The zero-order chi connectivity index (χ0) is 9.14. The number of anilines is 1. The third kappa shape index (κ3) is 1.63. The summed E-state index contributed by atoms with van der Waals surface area (Å²) in [6.07, 6.45) is 1.11. The molecule has 0 spiro atoms. The molecule has 0 radical (unpaired) electrons. The highest BCUT2D eigenvalue weighted by molar-refractivity contribution is 6.58. The summed E-state index contributed by atoms with van der Waals surface area (Å²) in [5.74, 6) is 0.282. The van der Waals surface area contributed by atoms with Gasteiger partial charge in [0, 0.05) is 13.2 Å². The van der Waals surface area contributed by atoms with Gasteiger partial charge in [0.05, 0.1) is 5.46 Å². The SMILES string of the molecule is CNc1ncc(B(O)O)c(=O)[nH]1. The molecular weight excluding hydrogens is 161 g/mol. The van der Waals surface area contributed by atoms with Crippen molar-refractivity contribution in [2.24, 2.45) is 0 Å². The lowest BCUT2D eigenvalue weighted by molar-refractivity contribution is 0.425. The Bertz CT molecular complexity index is 324. The van der Waals surface area contributed by atoms with Crippen LogP contribution in [0.2, 0.25) is 0 Å². The maximum absolute atomic E-state index is 11.0. The van der Waals surface area contributed by atoms with Crippen molar-refractivity contribution in [1.29, 1.82) is 0 Å². The minimum atomic E-state index is -1.79. The minimum absolute atomic E-state index is 0.172. The van der Waals surface area contributed by atoms with Crippen LogP contribution < -0.4 is 16.3 Å². The van der Waals surface area contributed by atoms with E-state index < -0.39 is 12.7 Å². The van der Waals surface area contributed by atoms with Crippen LogP contribution in [0.25, 0.3) is 0 Å². The summed E-state index contributed by atoms with van der Waals surface area (Å²) >= 11 is 0. The molecule has 0 bridgehead atoms. The highest BCUT2D eigenvalue weighted by Gasteiger charge is 2.15. The van der Waals surface area contributed by atoms with Crippen molar-refractivity contribution in [2.45, 2.75) is 0 Å². The maximum Gasteiger partial charge on any atom is 0.495 e. The van der Waals surface area contributed by atoms with E-state index in [4.69, 9.17) is 10.0 Å². The van der Waals surface area contributed by atoms with Crippen molar-refractivity contribution in [3.8, 4) is 0 Å². The molecule has 0 saturated heterocycles. The molecule has 0 atom stereocenters. The molecule has 12 heavy (non-hydrogen) atoms. The molecule has 0 aromatic carbocycles. The Morgan fingerprint density at radius 3 is 2.75 bits per heavy atom. The fourth-order valence-electron chi connectivity index (χ4n) is 0.716. The van der Waals surface area contributed by atoms with Gasteiger partial charge in [-0.2, -0.15) is 0 Å². The number of aromatic amines is 1. The minimum Gasteiger partial charge on any atom is -0.423 e. The van der Waals surface area contributed by atoms with Crippen molar-refractivity contribution in [3.63, 3.8) is 0 Å². The van der Waals surface area contributed by atoms with Crippen molar-refractivity contribution in [3.05, 3.63) is 16.6 Å². The lowest BCUT2D eigenvalue weighted by Crippen LogP contribution is -2.43. The lowest BCUT2D eigenvalue weighted by Gasteiger charge is -1.99. The Kier molecular flexibility index (Phi) is 2.46. The van der Waals surface area contributed by atoms with Crippen LogP contribution in [0.15, 0.2) is 11.0 Å². The molecule has 0 fully saturated rings. The summed E-state index contributed by atoms with van der Waals surface area (Å²) in [4.78, 5) is 17.0. The van der Waals surface area contributed by atoms with Gasteiger partial charge < -0.3 is 15.4 Å². The number of aromatic nitrogens is 2. The molecule has 1 aromatic rings. The van der Waals surface area contributed by atoms with Gasteiger partial charge in [0.15, 0.2) is 0 Å². The second kappa shape index (κ2) is 3.37. The summed E-state index contributed by atoms with van der Waals surface area (Å²) in [6, 6.07) is 0. The van der Waals surface area contributed by atoms with E-state index in [9.17, 15) is 4.79 Å². The molecule has 0 unspecified atom stereocenters. The fourth-order valence-corrected chi connectivity index (χ4v) is 0.716. The van der Waals surface area contributed by atoms with Crippen LogP contribution in [-0.2, 0) is 0 Å². The van der Waals surface area contributed by atoms with Gasteiger partial charge in [-0.1, -0.05) is 0 Å². The molecule has 1 heterocycles. The molecule has 6 nitrogen and oxygen atoms in total. The number of nitrogens with one attached hydrogen (secondary N) is 2. The van der Waals surface area contributed by atoms with E-state index in [1.165, 1.54) is 0 Å².